The van der Waals surface area contributed by atoms with Crippen LogP contribution in [-0.2, 0) is 6.54 Å². The van der Waals surface area contributed by atoms with Gasteiger partial charge in [0.15, 0.2) is 0 Å². The smallest absolute Gasteiger partial charge is 0.208 e. The summed E-state index contributed by atoms with van der Waals surface area (Å²) in [5.74, 6) is 0. The van der Waals surface area contributed by atoms with E-state index in [-0.39, 0.29) is 0 Å². The van der Waals surface area contributed by atoms with Crippen molar-refractivity contribution in [3.05, 3.63) is 43.0 Å². The molecule has 136 valence electrons. The first-order chi connectivity index (χ1) is 12.8. The molecule has 7 nitrogen and oxygen atoms in total. The molecule has 2 aromatic heterocycles. The van der Waals surface area contributed by atoms with E-state index in [1.807, 2.05) is 22.9 Å². The lowest BCUT2D eigenvalue weighted by Crippen LogP contribution is -2.46. The van der Waals surface area contributed by atoms with Gasteiger partial charge in [-0.1, -0.05) is 41.7 Å². The van der Waals surface area contributed by atoms with Crippen LogP contribution in [0.2, 0.25) is 0 Å². The van der Waals surface area contributed by atoms with Gasteiger partial charge >= 0.3 is 0 Å². The fourth-order valence-corrected chi connectivity index (χ4v) is 4.24. The number of rotatable bonds is 6. The SMILES string of the molecule is CC(Cn1cncn1)NC1CCN(c2nnc(-c3ccccc3)s2)CC1. The predicted octanol–water partition coefficient (Wildman–Crippen LogP) is 2.44. The van der Waals surface area contributed by atoms with E-state index in [0.29, 0.717) is 12.1 Å². The molecule has 1 aromatic carbocycles. The van der Waals surface area contributed by atoms with Crippen LogP contribution in [0, 0.1) is 0 Å². The Balaban J connectivity index is 1.29. The van der Waals surface area contributed by atoms with Crippen molar-refractivity contribution >= 4 is 16.5 Å². The van der Waals surface area contributed by atoms with E-state index in [4.69, 9.17) is 0 Å². The second kappa shape index (κ2) is 7.92. The molecule has 1 atom stereocenters. The summed E-state index contributed by atoms with van der Waals surface area (Å²) in [4.78, 5) is 6.35. The van der Waals surface area contributed by atoms with Crippen molar-refractivity contribution < 1.29 is 0 Å². The highest BCUT2D eigenvalue weighted by Gasteiger charge is 2.23. The van der Waals surface area contributed by atoms with E-state index in [1.165, 1.54) is 0 Å². The van der Waals surface area contributed by atoms with Gasteiger partial charge in [-0.05, 0) is 19.8 Å². The number of hydrogen-bond acceptors (Lipinski definition) is 7. The van der Waals surface area contributed by atoms with E-state index in [2.05, 4.69) is 49.6 Å². The highest BCUT2D eigenvalue weighted by Crippen LogP contribution is 2.30. The van der Waals surface area contributed by atoms with Crippen LogP contribution in [0.15, 0.2) is 43.0 Å². The van der Waals surface area contributed by atoms with Crippen molar-refractivity contribution in [1.29, 1.82) is 0 Å². The maximum atomic E-state index is 4.41. The van der Waals surface area contributed by atoms with Gasteiger partial charge in [-0.15, -0.1) is 10.2 Å². The van der Waals surface area contributed by atoms with Crippen molar-refractivity contribution in [3.8, 4) is 10.6 Å². The zero-order valence-electron chi connectivity index (χ0n) is 14.8. The summed E-state index contributed by atoms with van der Waals surface area (Å²) in [6, 6.07) is 11.2. The number of hydrogen-bond donors (Lipinski definition) is 1. The molecule has 0 saturated carbocycles. The molecule has 0 amide bonds. The molecule has 1 N–H and O–H groups in total. The number of aromatic nitrogens is 5. The van der Waals surface area contributed by atoms with E-state index in [0.717, 1.165) is 48.2 Å². The molecule has 0 radical (unpaired) electrons. The summed E-state index contributed by atoms with van der Waals surface area (Å²) in [5.41, 5.74) is 1.13. The lowest BCUT2D eigenvalue weighted by molar-refractivity contribution is 0.348. The summed E-state index contributed by atoms with van der Waals surface area (Å²) >= 11 is 1.68. The number of nitrogens with zero attached hydrogens (tertiary/aromatic N) is 6. The van der Waals surface area contributed by atoms with Gasteiger partial charge in [-0.2, -0.15) is 5.10 Å². The average Bonchev–Trinajstić information content (AvgIpc) is 3.35. The Morgan fingerprint density at radius 1 is 1.19 bits per heavy atom. The van der Waals surface area contributed by atoms with E-state index in [1.54, 1.807) is 24.0 Å². The molecule has 0 aliphatic carbocycles. The Bertz CT molecular complexity index is 794. The van der Waals surface area contributed by atoms with E-state index in [9.17, 15) is 0 Å². The highest BCUT2D eigenvalue weighted by atomic mass is 32.1. The zero-order valence-corrected chi connectivity index (χ0v) is 15.6. The summed E-state index contributed by atoms with van der Waals surface area (Å²) in [7, 11) is 0. The van der Waals surface area contributed by atoms with Gasteiger partial charge in [0.2, 0.25) is 5.13 Å². The molecule has 3 heterocycles. The van der Waals surface area contributed by atoms with Crippen LogP contribution in [0.4, 0.5) is 5.13 Å². The fourth-order valence-electron chi connectivity index (χ4n) is 3.34. The molecule has 1 fully saturated rings. The normalized spacial score (nSPS) is 16.7. The molecule has 0 spiro atoms. The van der Waals surface area contributed by atoms with Crippen LogP contribution in [0.25, 0.3) is 10.6 Å². The van der Waals surface area contributed by atoms with Gasteiger partial charge in [0.1, 0.15) is 17.7 Å². The summed E-state index contributed by atoms with van der Waals surface area (Å²) in [6.45, 7) is 5.07. The maximum Gasteiger partial charge on any atom is 0.208 e. The Hall–Kier alpha value is -2.32. The minimum atomic E-state index is 0.375. The fraction of sp³-hybridized carbons (Fsp3) is 0.444. The molecule has 3 aromatic rings. The third-order valence-electron chi connectivity index (χ3n) is 4.65. The van der Waals surface area contributed by atoms with Crippen molar-refractivity contribution in [1.82, 2.24) is 30.3 Å². The van der Waals surface area contributed by atoms with Crippen LogP contribution in [0.1, 0.15) is 19.8 Å². The first-order valence-corrected chi connectivity index (χ1v) is 9.82. The lowest BCUT2D eigenvalue weighted by atomic mass is 10.0. The zero-order chi connectivity index (χ0) is 17.8. The predicted molar refractivity (Wildman–Crippen MR) is 103 cm³/mol. The Kier molecular flexibility index (Phi) is 5.21. The number of anilines is 1. The molecule has 1 unspecified atom stereocenters. The van der Waals surface area contributed by atoms with E-state index < -0.39 is 0 Å². The van der Waals surface area contributed by atoms with Gasteiger partial charge in [0.05, 0.1) is 6.54 Å². The first kappa shape index (κ1) is 17.1. The highest BCUT2D eigenvalue weighted by molar-refractivity contribution is 7.18. The van der Waals surface area contributed by atoms with Crippen LogP contribution >= 0.6 is 11.3 Å². The summed E-state index contributed by atoms with van der Waals surface area (Å²) in [6.07, 6.45) is 5.57. The summed E-state index contributed by atoms with van der Waals surface area (Å²) in [5, 5.41) is 18.7. The molecular formula is C18H23N7S. The second-order valence-electron chi connectivity index (χ2n) is 6.70. The Morgan fingerprint density at radius 3 is 2.73 bits per heavy atom. The van der Waals surface area contributed by atoms with Crippen molar-refractivity contribution in [2.75, 3.05) is 18.0 Å². The van der Waals surface area contributed by atoms with Crippen LogP contribution in [0.3, 0.4) is 0 Å². The van der Waals surface area contributed by atoms with Crippen LogP contribution < -0.4 is 10.2 Å². The third-order valence-corrected chi connectivity index (χ3v) is 5.68. The Morgan fingerprint density at radius 2 is 2.00 bits per heavy atom. The van der Waals surface area contributed by atoms with Gasteiger partial charge in [-0.3, -0.25) is 4.68 Å². The van der Waals surface area contributed by atoms with Crippen molar-refractivity contribution in [2.45, 2.75) is 38.4 Å². The molecule has 0 bridgehead atoms. The molecule has 26 heavy (non-hydrogen) atoms. The van der Waals surface area contributed by atoms with Gasteiger partial charge in [0.25, 0.3) is 0 Å². The average molecular weight is 369 g/mol. The molecular weight excluding hydrogens is 346 g/mol. The van der Waals surface area contributed by atoms with Crippen molar-refractivity contribution in [2.24, 2.45) is 0 Å². The van der Waals surface area contributed by atoms with Crippen LogP contribution in [0.5, 0.6) is 0 Å². The van der Waals surface area contributed by atoms with Gasteiger partial charge in [0, 0.05) is 30.7 Å². The molecule has 1 aliphatic rings. The monoisotopic (exact) mass is 369 g/mol. The topological polar surface area (TPSA) is 71.8 Å². The molecule has 1 saturated heterocycles. The molecule has 4 rings (SSSR count). The minimum absolute atomic E-state index is 0.375. The van der Waals surface area contributed by atoms with Gasteiger partial charge in [-0.25, -0.2) is 4.98 Å². The number of piperidine rings is 1. The van der Waals surface area contributed by atoms with Crippen molar-refractivity contribution in [3.63, 3.8) is 0 Å². The van der Waals surface area contributed by atoms with Gasteiger partial charge < -0.3 is 10.2 Å². The maximum absolute atomic E-state index is 4.41. The summed E-state index contributed by atoms with van der Waals surface area (Å²) < 4.78 is 1.87. The Labute approximate surface area is 157 Å². The molecule has 8 heteroatoms. The number of benzene rings is 1. The largest absolute Gasteiger partial charge is 0.347 e. The second-order valence-corrected chi connectivity index (χ2v) is 7.66. The third kappa shape index (κ3) is 4.08. The van der Waals surface area contributed by atoms with E-state index >= 15 is 0 Å². The number of nitrogens with one attached hydrogen (secondary N) is 1. The quantitative estimate of drug-likeness (QED) is 0.720. The molecule has 1 aliphatic heterocycles. The van der Waals surface area contributed by atoms with Crippen LogP contribution in [-0.4, -0.2) is 50.1 Å². The standard InChI is InChI=1S/C18H23N7S/c1-14(11-25-13-19-12-20-25)21-16-7-9-24(10-8-16)18-23-22-17(26-18)15-5-3-2-4-6-15/h2-6,12-14,16,21H,7-11H2,1H3. The lowest BCUT2D eigenvalue weighted by Gasteiger charge is -2.33. The first-order valence-electron chi connectivity index (χ1n) is 9.00. The minimum Gasteiger partial charge on any atom is -0.347 e.